The number of benzene rings is 2. The number of nitrogens with zero attached hydrogens (tertiary/aromatic N) is 1. The van der Waals surface area contributed by atoms with Crippen molar-refractivity contribution in [3.05, 3.63) is 59.2 Å². The van der Waals surface area contributed by atoms with Gasteiger partial charge in [0.25, 0.3) is 0 Å². The molecular weight excluding hydrogens is 338 g/mol. The van der Waals surface area contributed by atoms with Gasteiger partial charge in [-0.2, -0.15) is 0 Å². The van der Waals surface area contributed by atoms with Gasteiger partial charge < -0.3 is 10.6 Å². The zero-order valence-electron chi connectivity index (χ0n) is 15.8. The van der Waals surface area contributed by atoms with E-state index in [1.165, 1.54) is 5.56 Å². The van der Waals surface area contributed by atoms with Gasteiger partial charge in [-0.05, 0) is 41.2 Å². The highest BCUT2D eigenvalue weighted by atomic mass is 16.2. The lowest BCUT2D eigenvalue weighted by Gasteiger charge is -2.27. The second-order valence-electron chi connectivity index (χ2n) is 7.80. The van der Waals surface area contributed by atoms with Gasteiger partial charge in [0.1, 0.15) is 0 Å². The molecule has 0 saturated carbocycles. The molecule has 0 bridgehead atoms. The van der Waals surface area contributed by atoms with Crippen molar-refractivity contribution >= 4 is 23.3 Å². The monoisotopic (exact) mass is 363 g/mol. The van der Waals surface area contributed by atoms with Gasteiger partial charge in [0.2, 0.25) is 5.91 Å². The van der Waals surface area contributed by atoms with Crippen LogP contribution in [0.4, 0.5) is 16.2 Å². The highest BCUT2D eigenvalue weighted by Crippen LogP contribution is 2.39. The Labute approximate surface area is 159 Å². The van der Waals surface area contributed by atoms with Crippen molar-refractivity contribution in [3.63, 3.8) is 0 Å². The van der Waals surface area contributed by atoms with E-state index in [1.54, 1.807) is 4.90 Å². The van der Waals surface area contributed by atoms with Crippen molar-refractivity contribution in [1.82, 2.24) is 5.32 Å². The maximum atomic E-state index is 12.3. The fourth-order valence-corrected chi connectivity index (χ4v) is 3.99. The summed E-state index contributed by atoms with van der Waals surface area (Å²) in [5.41, 5.74) is 5.21. The van der Waals surface area contributed by atoms with Crippen molar-refractivity contribution in [2.24, 2.45) is 5.92 Å². The third kappa shape index (κ3) is 3.54. The van der Waals surface area contributed by atoms with Crippen LogP contribution in [0.1, 0.15) is 42.9 Å². The molecule has 0 spiro atoms. The molecule has 1 fully saturated rings. The lowest BCUT2D eigenvalue weighted by Crippen LogP contribution is -2.28. The van der Waals surface area contributed by atoms with Crippen molar-refractivity contribution in [3.8, 4) is 0 Å². The summed E-state index contributed by atoms with van der Waals surface area (Å²) in [6, 6.07) is 14.5. The summed E-state index contributed by atoms with van der Waals surface area (Å²) >= 11 is 0. The second-order valence-corrected chi connectivity index (χ2v) is 7.80. The van der Waals surface area contributed by atoms with Gasteiger partial charge in [0, 0.05) is 36.8 Å². The summed E-state index contributed by atoms with van der Waals surface area (Å²) in [5, 5.41) is 5.79. The number of carbonyl (C=O) groups excluding carboxylic acids is 2. The van der Waals surface area contributed by atoms with Gasteiger partial charge in [0.15, 0.2) is 0 Å². The number of fused-ring (bicyclic) bond motifs is 1. The zero-order valence-corrected chi connectivity index (χ0v) is 15.8. The van der Waals surface area contributed by atoms with Gasteiger partial charge in [-0.1, -0.05) is 44.2 Å². The molecule has 1 unspecified atom stereocenters. The van der Waals surface area contributed by atoms with Crippen LogP contribution in [-0.2, 0) is 11.2 Å². The van der Waals surface area contributed by atoms with Crippen molar-refractivity contribution < 1.29 is 9.59 Å². The molecule has 2 aromatic carbocycles. The number of hydrogen-bond acceptors (Lipinski definition) is 2. The fourth-order valence-electron chi connectivity index (χ4n) is 3.99. The van der Waals surface area contributed by atoms with Crippen LogP contribution in [-0.4, -0.2) is 25.0 Å². The van der Waals surface area contributed by atoms with Crippen LogP contribution < -0.4 is 15.5 Å². The average molecular weight is 363 g/mol. The molecule has 2 aromatic rings. The molecule has 5 heteroatoms. The van der Waals surface area contributed by atoms with E-state index in [0.29, 0.717) is 25.4 Å². The Morgan fingerprint density at radius 3 is 2.56 bits per heavy atom. The minimum Gasteiger partial charge on any atom is -0.336 e. The SMILES string of the molecule is CC(C)Cc1ccc(C2CC(=O)Nc3cc(N4CCNC4=O)ccc32)cc1. The van der Waals surface area contributed by atoms with E-state index in [2.05, 4.69) is 48.7 Å². The molecule has 5 nitrogen and oxygen atoms in total. The normalized spacial score (nSPS) is 19.1. The molecule has 2 aliphatic rings. The van der Waals surface area contributed by atoms with Crippen LogP contribution >= 0.6 is 0 Å². The van der Waals surface area contributed by atoms with Crippen molar-refractivity contribution in [2.75, 3.05) is 23.3 Å². The lowest BCUT2D eigenvalue weighted by atomic mass is 9.84. The molecule has 4 rings (SSSR count). The molecule has 1 atom stereocenters. The second kappa shape index (κ2) is 7.06. The third-order valence-electron chi connectivity index (χ3n) is 5.27. The number of anilines is 2. The Morgan fingerprint density at radius 2 is 1.89 bits per heavy atom. The zero-order chi connectivity index (χ0) is 19.0. The topological polar surface area (TPSA) is 61.4 Å². The Kier molecular flexibility index (Phi) is 4.60. The fraction of sp³-hybridized carbons (Fsp3) is 0.364. The number of amides is 3. The molecule has 3 amide bonds. The van der Waals surface area contributed by atoms with Crippen LogP contribution in [0.2, 0.25) is 0 Å². The number of rotatable bonds is 4. The maximum Gasteiger partial charge on any atom is 0.321 e. The van der Waals surface area contributed by atoms with E-state index < -0.39 is 0 Å². The van der Waals surface area contributed by atoms with Gasteiger partial charge in [0.05, 0.1) is 0 Å². The van der Waals surface area contributed by atoms with Crippen molar-refractivity contribution in [2.45, 2.75) is 32.6 Å². The third-order valence-corrected chi connectivity index (χ3v) is 5.27. The molecule has 2 N–H and O–H groups in total. The summed E-state index contributed by atoms with van der Waals surface area (Å²) in [6.45, 7) is 5.72. The van der Waals surface area contributed by atoms with Gasteiger partial charge >= 0.3 is 6.03 Å². The number of urea groups is 1. The first-order valence-corrected chi connectivity index (χ1v) is 9.59. The molecular formula is C22H25N3O2. The van der Waals surface area contributed by atoms with Crippen LogP contribution in [0, 0.1) is 5.92 Å². The molecule has 140 valence electrons. The Bertz CT molecular complexity index is 874. The van der Waals surface area contributed by atoms with Crippen molar-refractivity contribution in [1.29, 1.82) is 0 Å². The smallest absolute Gasteiger partial charge is 0.321 e. The molecule has 0 aliphatic carbocycles. The standard InChI is InChI=1S/C22H25N3O2/c1-14(2)11-15-3-5-16(6-4-15)19-13-21(26)24-20-12-17(7-8-18(19)20)25-10-9-23-22(25)27/h3-8,12,14,19H,9-11,13H2,1-2H3,(H,23,27)(H,24,26). The van der Waals surface area contributed by atoms with Gasteiger partial charge in [-0.25, -0.2) is 4.79 Å². The van der Waals surface area contributed by atoms with E-state index in [1.807, 2.05) is 18.2 Å². The Hall–Kier alpha value is -2.82. The highest BCUT2D eigenvalue weighted by molar-refractivity contribution is 5.98. The number of carbonyl (C=O) groups is 2. The highest BCUT2D eigenvalue weighted by Gasteiger charge is 2.28. The molecule has 0 aromatic heterocycles. The molecule has 27 heavy (non-hydrogen) atoms. The molecule has 2 heterocycles. The van der Waals surface area contributed by atoms with Crippen LogP contribution in [0.3, 0.4) is 0 Å². The van der Waals surface area contributed by atoms with E-state index in [-0.39, 0.29) is 17.9 Å². The lowest BCUT2D eigenvalue weighted by molar-refractivity contribution is -0.116. The summed E-state index contributed by atoms with van der Waals surface area (Å²) in [5.74, 6) is 0.684. The summed E-state index contributed by atoms with van der Waals surface area (Å²) < 4.78 is 0. The quantitative estimate of drug-likeness (QED) is 0.866. The van der Waals surface area contributed by atoms with E-state index in [0.717, 1.165) is 28.9 Å². The van der Waals surface area contributed by atoms with Crippen LogP contribution in [0.25, 0.3) is 0 Å². The first-order valence-electron chi connectivity index (χ1n) is 9.59. The molecule has 1 saturated heterocycles. The Balaban J connectivity index is 1.64. The first kappa shape index (κ1) is 17.6. The van der Waals surface area contributed by atoms with E-state index >= 15 is 0 Å². The van der Waals surface area contributed by atoms with E-state index in [9.17, 15) is 9.59 Å². The van der Waals surface area contributed by atoms with E-state index in [4.69, 9.17) is 0 Å². The minimum absolute atomic E-state index is 0.0155. The molecule has 2 aliphatic heterocycles. The summed E-state index contributed by atoms with van der Waals surface area (Å²) in [7, 11) is 0. The summed E-state index contributed by atoms with van der Waals surface area (Å²) in [4.78, 5) is 25.9. The average Bonchev–Trinajstić information content (AvgIpc) is 3.06. The first-order chi connectivity index (χ1) is 13.0. The van der Waals surface area contributed by atoms with Crippen LogP contribution in [0.15, 0.2) is 42.5 Å². The van der Waals surface area contributed by atoms with Gasteiger partial charge in [-0.15, -0.1) is 0 Å². The largest absolute Gasteiger partial charge is 0.336 e. The summed E-state index contributed by atoms with van der Waals surface area (Å²) in [6.07, 6.45) is 1.50. The minimum atomic E-state index is -0.0885. The molecule has 0 radical (unpaired) electrons. The maximum absolute atomic E-state index is 12.3. The van der Waals surface area contributed by atoms with Crippen LogP contribution in [0.5, 0.6) is 0 Å². The predicted molar refractivity (Wildman–Crippen MR) is 107 cm³/mol. The Morgan fingerprint density at radius 1 is 1.11 bits per heavy atom. The predicted octanol–water partition coefficient (Wildman–Crippen LogP) is 3.89. The van der Waals surface area contributed by atoms with Gasteiger partial charge in [-0.3, -0.25) is 9.69 Å². The number of hydrogen-bond donors (Lipinski definition) is 2. The number of nitrogens with one attached hydrogen (secondary N) is 2.